The Morgan fingerprint density at radius 2 is 2.00 bits per heavy atom. The molecule has 5 aliphatic rings. The average molecular weight is 549 g/mol. The number of ether oxygens (including phenoxy) is 2. The zero-order valence-corrected chi connectivity index (χ0v) is 23.0. The van der Waals surface area contributed by atoms with Crippen LogP contribution >= 0.6 is 12.4 Å². The third-order valence-corrected chi connectivity index (χ3v) is 9.74. The molecule has 2 N–H and O–H groups in total. The van der Waals surface area contributed by atoms with Crippen molar-refractivity contribution < 1.29 is 19.4 Å². The first-order chi connectivity index (χ1) is 18.6. The summed E-state index contributed by atoms with van der Waals surface area (Å²) < 4.78 is 13.6. The second-order valence-corrected chi connectivity index (χ2v) is 11.8. The van der Waals surface area contributed by atoms with Crippen molar-refractivity contribution in [3.63, 3.8) is 0 Å². The molecule has 0 aromatic heterocycles. The lowest BCUT2D eigenvalue weighted by molar-refractivity contribution is -0.215. The maximum atomic E-state index is 13.1. The number of piperidine rings is 1. The number of carbonyl (C=O) groups is 1. The van der Waals surface area contributed by atoms with Crippen LogP contribution in [0.4, 0.5) is 0 Å². The number of nitrogens with one attached hydrogen (secondary N) is 1. The maximum absolute atomic E-state index is 13.1. The summed E-state index contributed by atoms with van der Waals surface area (Å²) in [6.45, 7) is 6.54. The number of phenolic OH excluding ortho intramolecular Hbond substituents is 1. The van der Waals surface area contributed by atoms with E-state index in [1.165, 1.54) is 18.4 Å². The molecule has 39 heavy (non-hydrogen) atoms. The van der Waals surface area contributed by atoms with E-state index >= 15 is 0 Å². The SMILES string of the molecule is C=CCO[C@@]12CC[C@@H](NC(=O)/C=C/c3ccccc3)[C@@H]3Oc4c(O)ccc5c4[C@@]31CCN(CC1CC1)[C@@H]2C5.Cl. The fourth-order valence-corrected chi connectivity index (χ4v) is 8.07. The molecule has 2 aliphatic heterocycles. The van der Waals surface area contributed by atoms with Gasteiger partial charge in [0.25, 0.3) is 0 Å². The van der Waals surface area contributed by atoms with Crippen molar-refractivity contribution in [2.45, 2.75) is 67.7 Å². The minimum atomic E-state index is -0.452. The average Bonchev–Trinajstić information content (AvgIpc) is 3.68. The van der Waals surface area contributed by atoms with E-state index in [4.69, 9.17) is 9.47 Å². The van der Waals surface area contributed by atoms with Crippen LogP contribution < -0.4 is 10.1 Å². The number of hydrogen-bond donors (Lipinski definition) is 2. The molecule has 2 heterocycles. The molecule has 1 saturated heterocycles. The predicted molar refractivity (Wildman–Crippen MR) is 153 cm³/mol. The molecule has 2 aromatic rings. The first kappa shape index (κ1) is 26.4. The Hall–Kier alpha value is -2.80. The molecule has 7 rings (SSSR count). The van der Waals surface area contributed by atoms with Crippen LogP contribution in [-0.4, -0.2) is 59.4 Å². The number of carbonyl (C=O) groups excluding carboxylic acids is 1. The Morgan fingerprint density at radius 1 is 1.18 bits per heavy atom. The molecule has 206 valence electrons. The molecule has 3 fully saturated rings. The standard InChI is InChI=1S/C32H36N2O4.ClH/c1-2-18-37-32-15-14-24(33-27(36)13-10-21-6-4-3-5-7-21)30-31(32)16-17-34(20-22-8-9-22)26(32)19-23-11-12-25(35)29(38-30)28(23)31;/h2-7,10-13,22,24,26,30,35H,1,8-9,14-20H2,(H,33,36);1H/b13-10+;/t24-,26-,30+,31+,32-;/m1./s1. The lowest BCUT2D eigenvalue weighted by atomic mass is 9.48. The highest BCUT2D eigenvalue weighted by atomic mass is 35.5. The van der Waals surface area contributed by atoms with Crippen LogP contribution in [0, 0.1) is 5.92 Å². The van der Waals surface area contributed by atoms with E-state index in [0.29, 0.717) is 12.4 Å². The van der Waals surface area contributed by atoms with Crippen molar-refractivity contribution in [1.82, 2.24) is 10.2 Å². The van der Waals surface area contributed by atoms with E-state index in [-0.39, 0.29) is 42.3 Å². The third-order valence-electron chi connectivity index (χ3n) is 9.74. The smallest absolute Gasteiger partial charge is 0.244 e. The first-order valence-electron chi connectivity index (χ1n) is 14.1. The van der Waals surface area contributed by atoms with Crippen LogP contribution in [0.15, 0.2) is 61.2 Å². The molecular weight excluding hydrogens is 512 g/mol. The quantitative estimate of drug-likeness (QED) is 0.367. The number of phenols is 1. The van der Waals surface area contributed by atoms with Crippen molar-refractivity contribution in [2.75, 3.05) is 19.7 Å². The van der Waals surface area contributed by atoms with Gasteiger partial charge in [0.1, 0.15) is 6.10 Å². The second-order valence-electron chi connectivity index (χ2n) is 11.8. The largest absolute Gasteiger partial charge is 0.504 e. The molecule has 0 radical (unpaired) electrons. The number of nitrogens with zero attached hydrogens (tertiary/aromatic N) is 1. The molecule has 1 spiro atoms. The van der Waals surface area contributed by atoms with Crippen LogP contribution in [-0.2, 0) is 21.4 Å². The van der Waals surface area contributed by atoms with E-state index in [1.54, 1.807) is 12.1 Å². The first-order valence-corrected chi connectivity index (χ1v) is 14.1. The van der Waals surface area contributed by atoms with Crippen LogP contribution in [0.1, 0.15) is 48.8 Å². The Morgan fingerprint density at radius 3 is 2.77 bits per heavy atom. The zero-order chi connectivity index (χ0) is 25.9. The van der Waals surface area contributed by atoms with Gasteiger partial charge in [-0.3, -0.25) is 9.69 Å². The summed E-state index contributed by atoms with van der Waals surface area (Å²) in [4.78, 5) is 15.8. The lowest BCUT2D eigenvalue weighted by Crippen LogP contribution is -2.79. The van der Waals surface area contributed by atoms with Gasteiger partial charge in [0, 0.05) is 24.2 Å². The topological polar surface area (TPSA) is 71.0 Å². The Bertz CT molecular complexity index is 1290. The highest BCUT2D eigenvalue weighted by molar-refractivity contribution is 5.92. The summed E-state index contributed by atoms with van der Waals surface area (Å²) >= 11 is 0. The highest BCUT2D eigenvalue weighted by Crippen LogP contribution is 2.66. The van der Waals surface area contributed by atoms with Gasteiger partial charge in [-0.2, -0.15) is 0 Å². The van der Waals surface area contributed by atoms with Crippen LogP contribution in [0.2, 0.25) is 0 Å². The molecule has 1 amide bonds. The molecule has 5 atom stereocenters. The molecule has 3 aliphatic carbocycles. The van der Waals surface area contributed by atoms with Crippen LogP contribution in [0.25, 0.3) is 6.08 Å². The van der Waals surface area contributed by atoms with Gasteiger partial charge in [0.2, 0.25) is 5.91 Å². The second kappa shape index (κ2) is 9.99. The Balaban J connectivity index is 0.00000277. The predicted octanol–water partition coefficient (Wildman–Crippen LogP) is 4.79. The number of aromatic hydroxyl groups is 1. The molecular formula is C32H37ClN2O4. The van der Waals surface area contributed by atoms with Crippen molar-refractivity contribution in [3.8, 4) is 11.5 Å². The summed E-state index contributed by atoms with van der Waals surface area (Å²) in [5, 5.41) is 14.2. The number of halogens is 1. The van der Waals surface area contributed by atoms with E-state index in [1.807, 2.05) is 42.5 Å². The fraction of sp³-hybridized carbons (Fsp3) is 0.469. The molecule has 2 aromatic carbocycles. The van der Waals surface area contributed by atoms with E-state index in [0.717, 1.165) is 55.8 Å². The fourth-order valence-electron chi connectivity index (χ4n) is 8.07. The van der Waals surface area contributed by atoms with Gasteiger partial charge < -0.3 is 19.9 Å². The molecule has 6 nitrogen and oxygen atoms in total. The molecule has 0 unspecified atom stereocenters. The van der Waals surface area contributed by atoms with Crippen LogP contribution in [0.3, 0.4) is 0 Å². The van der Waals surface area contributed by atoms with Crippen molar-refractivity contribution >= 4 is 24.4 Å². The summed E-state index contributed by atoms with van der Waals surface area (Å²) in [7, 11) is 0. The Kier molecular flexibility index (Phi) is 6.77. The van der Waals surface area contributed by atoms with Crippen molar-refractivity contribution in [1.29, 1.82) is 0 Å². The van der Waals surface area contributed by atoms with Gasteiger partial charge in [-0.25, -0.2) is 0 Å². The zero-order valence-electron chi connectivity index (χ0n) is 22.2. The number of amides is 1. The molecule has 7 heteroatoms. The number of rotatable bonds is 8. The van der Waals surface area contributed by atoms with E-state index in [9.17, 15) is 9.90 Å². The monoisotopic (exact) mass is 548 g/mol. The minimum absolute atomic E-state index is 0. The normalized spacial score (nSPS) is 32.2. The van der Waals surface area contributed by atoms with E-state index < -0.39 is 11.0 Å². The summed E-state index contributed by atoms with van der Waals surface area (Å²) in [5.41, 5.74) is 2.47. The number of likely N-dealkylation sites (tertiary alicyclic amines) is 1. The molecule has 2 bridgehead atoms. The van der Waals surface area contributed by atoms with Gasteiger partial charge in [-0.15, -0.1) is 19.0 Å². The summed E-state index contributed by atoms with van der Waals surface area (Å²) in [5.74, 6) is 1.43. The number of hydrogen-bond acceptors (Lipinski definition) is 5. The van der Waals surface area contributed by atoms with Gasteiger partial charge in [-0.05, 0) is 74.3 Å². The van der Waals surface area contributed by atoms with Gasteiger partial charge in [0.15, 0.2) is 11.5 Å². The number of benzene rings is 2. The summed E-state index contributed by atoms with van der Waals surface area (Å²) in [6, 6.07) is 13.8. The summed E-state index contributed by atoms with van der Waals surface area (Å²) in [6.07, 6.45) is 11.0. The van der Waals surface area contributed by atoms with Gasteiger partial charge >= 0.3 is 0 Å². The van der Waals surface area contributed by atoms with Gasteiger partial charge in [-0.1, -0.05) is 42.5 Å². The third kappa shape index (κ3) is 4.02. The lowest BCUT2D eigenvalue weighted by Gasteiger charge is -2.66. The van der Waals surface area contributed by atoms with Gasteiger partial charge in [0.05, 0.1) is 23.7 Å². The maximum Gasteiger partial charge on any atom is 0.244 e. The van der Waals surface area contributed by atoms with Crippen molar-refractivity contribution in [3.05, 3.63) is 77.9 Å². The highest BCUT2D eigenvalue weighted by Gasteiger charge is 2.74. The molecule has 2 saturated carbocycles. The Labute approximate surface area is 236 Å². The van der Waals surface area contributed by atoms with Crippen LogP contribution in [0.5, 0.6) is 11.5 Å². The van der Waals surface area contributed by atoms with E-state index in [2.05, 4.69) is 22.9 Å². The van der Waals surface area contributed by atoms with Crippen molar-refractivity contribution in [2.24, 2.45) is 5.92 Å². The minimum Gasteiger partial charge on any atom is -0.504 e.